The number of nitrogens with two attached hydrogens (primary N) is 1. The van der Waals surface area contributed by atoms with E-state index in [0.717, 1.165) is 5.56 Å². The van der Waals surface area contributed by atoms with Crippen molar-refractivity contribution in [3.05, 3.63) is 35.9 Å². The van der Waals surface area contributed by atoms with Crippen LogP contribution in [0.1, 0.15) is 26.3 Å². The second-order valence-corrected chi connectivity index (χ2v) is 6.83. The van der Waals surface area contributed by atoms with E-state index < -0.39 is 41.9 Å². The molecule has 1 aromatic rings. The van der Waals surface area contributed by atoms with E-state index in [1.807, 2.05) is 30.3 Å². The van der Waals surface area contributed by atoms with Gasteiger partial charge in [0.1, 0.15) is 25.4 Å². The van der Waals surface area contributed by atoms with Gasteiger partial charge in [0.2, 0.25) is 17.7 Å². The van der Waals surface area contributed by atoms with E-state index >= 15 is 0 Å². The average Bonchev–Trinajstić information content (AvgIpc) is 2.74. The van der Waals surface area contributed by atoms with Gasteiger partial charge in [0, 0.05) is 6.54 Å². The molecule has 0 spiro atoms. The van der Waals surface area contributed by atoms with Crippen LogP contribution in [0.25, 0.3) is 0 Å². The lowest BCUT2D eigenvalue weighted by atomic mass is 10.2. The van der Waals surface area contributed by atoms with E-state index in [-0.39, 0.29) is 26.5 Å². The molecule has 11 heteroatoms. The zero-order chi connectivity index (χ0) is 23.2. The van der Waals surface area contributed by atoms with Crippen LogP contribution < -0.4 is 27.0 Å². The molecule has 4 amide bonds. The van der Waals surface area contributed by atoms with Crippen LogP contribution in [0.4, 0.5) is 4.79 Å². The molecule has 1 rings (SSSR count). The van der Waals surface area contributed by atoms with Gasteiger partial charge >= 0.3 is 6.09 Å². The van der Waals surface area contributed by atoms with Gasteiger partial charge in [-0.15, -0.1) is 0 Å². The molecule has 0 aliphatic rings. The molecular weight excluding hydrogens is 406 g/mol. The van der Waals surface area contributed by atoms with Crippen LogP contribution in [0.3, 0.4) is 0 Å². The van der Waals surface area contributed by atoms with Crippen molar-refractivity contribution in [3.63, 3.8) is 0 Å². The minimum absolute atomic E-state index is 0.100. The van der Waals surface area contributed by atoms with Crippen molar-refractivity contribution in [3.8, 4) is 0 Å². The Morgan fingerprint density at radius 1 is 0.903 bits per heavy atom. The number of hydrogen-bond acceptors (Lipinski definition) is 7. The number of carbonyl (C=O) groups is 4. The number of benzene rings is 1. The Balaban J connectivity index is 2.13. The molecule has 1 aromatic carbocycles. The van der Waals surface area contributed by atoms with E-state index in [9.17, 15) is 19.2 Å². The maximum Gasteiger partial charge on any atom is 0.407 e. The van der Waals surface area contributed by atoms with Crippen LogP contribution in [0.15, 0.2) is 30.3 Å². The first kappa shape index (κ1) is 25.9. The molecule has 0 aliphatic heterocycles. The summed E-state index contributed by atoms with van der Waals surface area (Å²) >= 11 is 0. The normalized spacial score (nSPS) is 13.3. The van der Waals surface area contributed by atoms with Gasteiger partial charge in [0.05, 0.1) is 12.6 Å². The Morgan fingerprint density at radius 3 is 2.16 bits per heavy atom. The van der Waals surface area contributed by atoms with Crippen LogP contribution in [-0.2, 0) is 30.5 Å². The number of ether oxygens (including phenoxy) is 2. The van der Waals surface area contributed by atoms with Gasteiger partial charge in [-0.25, -0.2) is 4.79 Å². The largest absolute Gasteiger partial charge is 0.445 e. The highest BCUT2D eigenvalue weighted by Gasteiger charge is 2.21. The van der Waals surface area contributed by atoms with Crippen LogP contribution in [0, 0.1) is 0 Å². The highest BCUT2D eigenvalue weighted by atomic mass is 16.5. The molecule has 0 bridgehead atoms. The van der Waals surface area contributed by atoms with Crippen molar-refractivity contribution in [2.45, 2.75) is 45.5 Å². The van der Waals surface area contributed by atoms with E-state index in [1.165, 1.54) is 20.8 Å². The van der Waals surface area contributed by atoms with Crippen molar-refractivity contribution in [2.24, 2.45) is 5.73 Å². The summed E-state index contributed by atoms with van der Waals surface area (Å²) < 4.78 is 10.3. The lowest BCUT2D eigenvalue weighted by Gasteiger charge is -2.19. The summed E-state index contributed by atoms with van der Waals surface area (Å²) in [6.45, 7) is 4.91. The van der Waals surface area contributed by atoms with Crippen LogP contribution in [0.2, 0.25) is 0 Å². The molecule has 0 fully saturated rings. The second-order valence-electron chi connectivity index (χ2n) is 6.83. The standard InChI is InChI=1S/C20H31N5O6/c1-13(21)17(26)24-15(3)19(28)25-14(2)18(27)23-12-30-10-9-22-20(29)31-11-16-7-5-4-6-8-16/h4-8,13-15H,9-12,21H2,1-3H3,(H,22,29)(H,23,27)(H,24,26)(H,25,28)/t13-,14-,15-/m0/s1. The fraction of sp³-hybridized carbons (Fsp3) is 0.500. The Bertz CT molecular complexity index is 728. The number of nitrogens with one attached hydrogen (secondary N) is 4. The maximum atomic E-state index is 12.0. The third-order valence-electron chi connectivity index (χ3n) is 3.99. The SMILES string of the molecule is C[C@H](N)C(=O)N[C@@H](C)C(=O)N[C@@H](C)C(=O)NCOCCNC(=O)OCc1ccccc1. The smallest absolute Gasteiger partial charge is 0.407 e. The molecule has 3 atom stereocenters. The molecule has 31 heavy (non-hydrogen) atoms. The Labute approximate surface area is 181 Å². The summed E-state index contributed by atoms with van der Waals surface area (Å²) in [5.41, 5.74) is 6.31. The lowest BCUT2D eigenvalue weighted by Crippen LogP contribution is -2.53. The maximum absolute atomic E-state index is 12.0. The molecular formula is C20H31N5O6. The highest BCUT2D eigenvalue weighted by Crippen LogP contribution is 2.00. The Hall–Kier alpha value is -3.18. The summed E-state index contributed by atoms with van der Waals surface area (Å²) in [4.78, 5) is 47.1. The topological polar surface area (TPSA) is 161 Å². The monoisotopic (exact) mass is 437 g/mol. The second kappa shape index (κ2) is 13.9. The first-order valence-electron chi connectivity index (χ1n) is 9.87. The van der Waals surface area contributed by atoms with Gasteiger partial charge in [0.25, 0.3) is 0 Å². The van der Waals surface area contributed by atoms with Crippen LogP contribution in [0.5, 0.6) is 0 Å². The van der Waals surface area contributed by atoms with E-state index in [4.69, 9.17) is 15.2 Å². The number of hydrogen-bond donors (Lipinski definition) is 5. The van der Waals surface area contributed by atoms with Gasteiger partial charge in [0.15, 0.2) is 0 Å². The average molecular weight is 437 g/mol. The van der Waals surface area contributed by atoms with Gasteiger partial charge < -0.3 is 36.5 Å². The van der Waals surface area contributed by atoms with E-state index in [1.54, 1.807) is 0 Å². The fourth-order valence-corrected chi connectivity index (χ4v) is 2.16. The molecule has 0 aliphatic carbocycles. The Kier molecular flexibility index (Phi) is 11.6. The molecule has 172 valence electrons. The van der Waals surface area contributed by atoms with Crippen molar-refractivity contribution >= 4 is 23.8 Å². The number of amides is 4. The van der Waals surface area contributed by atoms with E-state index in [2.05, 4.69) is 21.3 Å². The van der Waals surface area contributed by atoms with Gasteiger partial charge in [-0.05, 0) is 26.3 Å². The summed E-state index contributed by atoms with van der Waals surface area (Å²) in [5, 5.41) is 9.94. The van der Waals surface area contributed by atoms with E-state index in [0.29, 0.717) is 0 Å². The summed E-state index contributed by atoms with van der Waals surface area (Å²) in [6, 6.07) is 6.86. The minimum Gasteiger partial charge on any atom is -0.445 e. The van der Waals surface area contributed by atoms with Crippen molar-refractivity contribution in [1.82, 2.24) is 21.3 Å². The molecule has 0 radical (unpaired) electrons. The Morgan fingerprint density at radius 2 is 1.52 bits per heavy atom. The molecule has 0 unspecified atom stereocenters. The summed E-state index contributed by atoms with van der Waals surface area (Å²) in [7, 11) is 0. The van der Waals surface area contributed by atoms with Crippen molar-refractivity contribution < 1.29 is 28.7 Å². The highest BCUT2D eigenvalue weighted by molar-refractivity contribution is 5.92. The molecule has 11 nitrogen and oxygen atoms in total. The molecule has 6 N–H and O–H groups in total. The van der Waals surface area contributed by atoms with Crippen LogP contribution >= 0.6 is 0 Å². The third kappa shape index (κ3) is 11.0. The quantitative estimate of drug-likeness (QED) is 0.215. The third-order valence-corrected chi connectivity index (χ3v) is 3.99. The van der Waals surface area contributed by atoms with Crippen molar-refractivity contribution in [1.29, 1.82) is 0 Å². The van der Waals surface area contributed by atoms with Gasteiger partial charge in [-0.1, -0.05) is 30.3 Å². The summed E-state index contributed by atoms with van der Waals surface area (Å²) in [6.07, 6.45) is -0.571. The zero-order valence-corrected chi connectivity index (χ0v) is 18.0. The summed E-state index contributed by atoms with van der Waals surface area (Å²) in [5.74, 6) is -1.45. The van der Waals surface area contributed by atoms with Crippen molar-refractivity contribution in [2.75, 3.05) is 19.9 Å². The molecule has 0 aromatic heterocycles. The van der Waals surface area contributed by atoms with Crippen LogP contribution in [-0.4, -0.2) is 61.8 Å². The minimum atomic E-state index is -0.836. The zero-order valence-electron chi connectivity index (χ0n) is 18.0. The predicted molar refractivity (Wildman–Crippen MR) is 112 cm³/mol. The number of carbonyl (C=O) groups excluding carboxylic acids is 4. The first-order valence-corrected chi connectivity index (χ1v) is 9.87. The lowest BCUT2D eigenvalue weighted by molar-refractivity contribution is -0.132. The van der Waals surface area contributed by atoms with Gasteiger partial charge in [-0.3, -0.25) is 14.4 Å². The molecule has 0 heterocycles. The molecule has 0 saturated heterocycles. The number of rotatable bonds is 12. The first-order chi connectivity index (χ1) is 14.7. The predicted octanol–water partition coefficient (Wildman–Crippen LogP) is -0.640. The molecule has 0 saturated carbocycles. The number of alkyl carbamates (subject to hydrolysis) is 1. The van der Waals surface area contributed by atoms with Gasteiger partial charge in [-0.2, -0.15) is 0 Å². The fourth-order valence-electron chi connectivity index (χ4n) is 2.16.